The van der Waals surface area contributed by atoms with Crippen molar-refractivity contribution >= 4 is 17.5 Å². The zero-order valence-electron chi connectivity index (χ0n) is 18.3. The highest BCUT2D eigenvalue weighted by Gasteiger charge is 2.44. The second-order valence-electron chi connectivity index (χ2n) is 8.29. The highest BCUT2D eigenvalue weighted by molar-refractivity contribution is 5.88. The fourth-order valence-electron chi connectivity index (χ4n) is 4.02. The van der Waals surface area contributed by atoms with Crippen LogP contribution in [-0.4, -0.2) is 39.5 Å². The number of hydrogen-bond acceptors (Lipinski definition) is 5. The van der Waals surface area contributed by atoms with E-state index in [0.717, 1.165) is 32.1 Å². The summed E-state index contributed by atoms with van der Waals surface area (Å²) in [6, 6.07) is 0. The standard InChI is InChI=1S/C22H35FN4O3/c1-17(28)11-10-16-27-18-12-6-5-9-15-22(23,21(18)25-26-27)19(29)13-7-3-4-8-14-20(30)24-2/h3-16H2,1-2H3,(H,24,30). The van der Waals surface area contributed by atoms with Crippen molar-refractivity contribution < 1.29 is 18.8 Å². The molecule has 1 N–H and O–H groups in total. The number of carbonyl (C=O) groups is 3. The predicted molar refractivity (Wildman–Crippen MR) is 112 cm³/mol. The van der Waals surface area contributed by atoms with Gasteiger partial charge >= 0.3 is 0 Å². The van der Waals surface area contributed by atoms with Crippen LogP contribution < -0.4 is 5.32 Å². The van der Waals surface area contributed by atoms with Gasteiger partial charge in [0.2, 0.25) is 11.6 Å². The number of Topliss-reactive ketones (excluding diaryl/α,β-unsaturated/α-hetero) is 2. The SMILES string of the molecule is CNC(=O)CCCCCCC(=O)C1(F)CCCCCc2c1nnn2CCCC(C)=O. The molecule has 0 aromatic carbocycles. The number of carbonyl (C=O) groups excluding carboxylic acids is 3. The number of alkyl halides is 1. The summed E-state index contributed by atoms with van der Waals surface area (Å²) in [6.45, 7) is 2.06. The van der Waals surface area contributed by atoms with Gasteiger partial charge in [0.25, 0.3) is 0 Å². The second-order valence-corrected chi connectivity index (χ2v) is 8.29. The molecule has 1 aromatic rings. The minimum absolute atomic E-state index is 0.0160. The zero-order chi connectivity index (χ0) is 22.0. The van der Waals surface area contributed by atoms with Crippen LogP contribution in [0.5, 0.6) is 0 Å². The first kappa shape index (κ1) is 24.2. The van der Waals surface area contributed by atoms with Crippen LogP contribution in [0.2, 0.25) is 0 Å². The van der Waals surface area contributed by atoms with Gasteiger partial charge in [0.15, 0.2) is 5.78 Å². The number of rotatable bonds is 12. The van der Waals surface area contributed by atoms with Crippen molar-refractivity contribution in [2.24, 2.45) is 0 Å². The van der Waals surface area contributed by atoms with Crippen LogP contribution in [0.1, 0.15) is 95.4 Å². The van der Waals surface area contributed by atoms with E-state index in [0.29, 0.717) is 50.8 Å². The molecule has 0 saturated heterocycles. The van der Waals surface area contributed by atoms with Gasteiger partial charge in [0, 0.05) is 32.9 Å². The van der Waals surface area contributed by atoms with E-state index in [9.17, 15) is 14.4 Å². The number of aromatic nitrogens is 3. The molecule has 0 bridgehead atoms. The molecule has 30 heavy (non-hydrogen) atoms. The van der Waals surface area contributed by atoms with Gasteiger partial charge in [-0.25, -0.2) is 9.07 Å². The molecule has 1 aliphatic carbocycles. The summed E-state index contributed by atoms with van der Waals surface area (Å²) in [5.74, 6) is -0.279. The van der Waals surface area contributed by atoms with Crippen molar-refractivity contribution in [2.75, 3.05) is 7.05 Å². The van der Waals surface area contributed by atoms with Crippen molar-refractivity contribution in [3.05, 3.63) is 11.4 Å². The number of unbranched alkanes of at least 4 members (excludes halogenated alkanes) is 3. The molecule has 8 heteroatoms. The molecule has 1 aliphatic rings. The van der Waals surface area contributed by atoms with Gasteiger partial charge < -0.3 is 10.1 Å². The largest absolute Gasteiger partial charge is 0.359 e. The maximum absolute atomic E-state index is 16.0. The Morgan fingerprint density at radius 1 is 1.03 bits per heavy atom. The lowest BCUT2D eigenvalue weighted by atomic mass is 9.83. The molecule has 2 rings (SSSR count). The van der Waals surface area contributed by atoms with Gasteiger partial charge in [0.1, 0.15) is 11.5 Å². The molecule has 1 heterocycles. The van der Waals surface area contributed by atoms with Crippen molar-refractivity contribution in [3.8, 4) is 0 Å². The van der Waals surface area contributed by atoms with Crippen LogP contribution in [0.4, 0.5) is 4.39 Å². The van der Waals surface area contributed by atoms with Gasteiger partial charge in [0.05, 0.1) is 5.69 Å². The lowest BCUT2D eigenvalue weighted by molar-refractivity contribution is -0.132. The highest BCUT2D eigenvalue weighted by atomic mass is 19.1. The average Bonchev–Trinajstić information content (AvgIpc) is 3.10. The highest BCUT2D eigenvalue weighted by Crippen LogP contribution is 2.37. The second kappa shape index (κ2) is 11.9. The van der Waals surface area contributed by atoms with Crippen molar-refractivity contribution in [2.45, 2.75) is 103 Å². The van der Waals surface area contributed by atoms with Gasteiger partial charge in [-0.05, 0) is 51.9 Å². The number of ketones is 2. The lowest BCUT2D eigenvalue weighted by Gasteiger charge is -2.25. The Bertz CT molecular complexity index is 734. The Hall–Kier alpha value is -2.12. The summed E-state index contributed by atoms with van der Waals surface area (Å²) >= 11 is 0. The smallest absolute Gasteiger partial charge is 0.219 e. The quantitative estimate of drug-likeness (QED) is 0.520. The molecule has 7 nitrogen and oxygen atoms in total. The van der Waals surface area contributed by atoms with Crippen LogP contribution in [0.25, 0.3) is 0 Å². The predicted octanol–water partition coefficient (Wildman–Crippen LogP) is 3.58. The van der Waals surface area contributed by atoms with E-state index in [-0.39, 0.29) is 30.2 Å². The van der Waals surface area contributed by atoms with Crippen molar-refractivity contribution in [1.82, 2.24) is 20.3 Å². The molecule has 1 unspecified atom stereocenters. The molecule has 1 aromatic heterocycles. The molecule has 0 radical (unpaired) electrons. The maximum atomic E-state index is 16.0. The van der Waals surface area contributed by atoms with Crippen molar-refractivity contribution in [1.29, 1.82) is 0 Å². The molecular weight excluding hydrogens is 387 g/mol. The number of fused-ring (bicyclic) bond motifs is 1. The van der Waals surface area contributed by atoms with Crippen LogP contribution in [-0.2, 0) is 33.0 Å². The Labute approximate surface area is 178 Å². The topological polar surface area (TPSA) is 93.9 Å². The third kappa shape index (κ3) is 6.71. The Kier molecular flexibility index (Phi) is 9.59. The van der Waals surface area contributed by atoms with Crippen LogP contribution in [0, 0.1) is 0 Å². The molecule has 0 spiro atoms. The zero-order valence-corrected chi connectivity index (χ0v) is 18.3. The number of amides is 1. The van der Waals surface area contributed by atoms with E-state index in [2.05, 4.69) is 15.6 Å². The molecule has 0 aliphatic heterocycles. The average molecular weight is 423 g/mol. The lowest BCUT2D eigenvalue weighted by Crippen LogP contribution is -2.34. The fraction of sp³-hybridized carbons (Fsp3) is 0.773. The normalized spacial score (nSPS) is 18.9. The third-order valence-electron chi connectivity index (χ3n) is 5.83. The Morgan fingerprint density at radius 3 is 2.47 bits per heavy atom. The number of aryl methyl sites for hydroxylation is 1. The van der Waals surface area contributed by atoms with Gasteiger partial charge in [-0.2, -0.15) is 0 Å². The minimum atomic E-state index is -2.07. The Balaban J connectivity index is 1.99. The first-order valence-electron chi connectivity index (χ1n) is 11.2. The summed E-state index contributed by atoms with van der Waals surface area (Å²) in [5.41, 5.74) is -1.18. The maximum Gasteiger partial charge on any atom is 0.219 e. The number of hydrogen-bond donors (Lipinski definition) is 1. The van der Waals surface area contributed by atoms with Gasteiger partial charge in [-0.1, -0.05) is 24.5 Å². The number of halogens is 1. The molecule has 1 atom stereocenters. The molecule has 168 valence electrons. The van der Waals surface area contributed by atoms with E-state index in [1.165, 1.54) is 0 Å². The van der Waals surface area contributed by atoms with E-state index >= 15 is 4.39 Å². The van der Waals surface area contributed by atoms with Crippen LogP contribution in [0.15, 0.2) is 0 Å². The van der Waals surface area contributed by atoms with Gasteiger partial charge in [-0.15, -0.1) is 5.10 Å². The van der Waals surface area contributed by atoms with Crippen LogP contribution in [0.3, 0.4) is 0 Å². The van der Waals surface area contributed by atoms with Crippen LogP contribution >= 0.6 is 0 Å². The van der Waals surface area contributed by atoms with Crippen molar-refractivity contribution in [3.63, 3.8) is 0 Å². The summed E-state index contributed by atoms with van der Waals surface area (Å²) in [6.07, 6.45) is 8.02. The van der Waals surface area contributed by atoms with E-state index in [1.807, 2.05) is 0 Å². The van der Waals surface area contributed by atoms with E-state index in [4.69, 9.17) is 0 Å². The van der Waals surface area contributed by atoms with Gasteiger partial charge in [-0.3, -0.25) is 9.59 Å². The van der Waals surface area contributed by atoms with E-state index < -0.39 is 11.5 Å². The van der Waals surface area contributed by atoms with E-state index in [1.54, 1.807) is 18.7 Å². The third-order valence-corrected chi connectivity index (χ3v) is 5.83. The number of nitrogens with one attached hydrogen (secondary N) is 1. The summed E-state index contributed by atoms with van der Waals surface area (Å²) < 4.78 is 17.7. The summed E-state index contributed by atoms with van der Waals surface area (Å²) in [5, 5.41) is 10.8. The molecule has 0 saturated carbocycles. The monoisotopic (exact) mass is 422 g/mol. The molecule has 1 amide bonds. The molecule has 0 fully saturated rings. The first-order valence-corrected chi connectivity index (χ1v) is 11.2. The Morgan fingerprint density at radius 2 is 1.77 bits per heavy atom. The summed E-state index contributed by atoms with van der Waals surface area (Å²) in [7, 11) is 1.62. The first-order chi connectivity index (χ1) is 14.4. The number of nitrogens with zero attached hydrogens (tertiary/aromatic N) is 3. The minimum Gasteiger partial charge on any atom is -0.359 e. The summed E-state index contributed by atoms with van der Waals surface area (Å²) in [4.78, 5) is 35.3. The fourth-order valence-corrected chi connectivity index (χ4v) is 4.02. The molecular formula is C22H35FN4O3.